The van der Waals surface area contributed by atoms with E-state index in [-0.39, 0.29) is 24.0 Å². The number of ether oxygens (including phenoxy) is 1. The average Bonchev–Trinajstić information content (AvgIpc) is 2.73. The van der Waals surface area contributed by atoms with E-state index in [1.807, 2.05) is 24.0 Å². The van der Waals surface area contributed by atoms with E-state index in [1.165, 1.54) is 10.9 Å². The molecule has 0 spiro atoms. The Morgan fingerprint density at radius 3 is 2.97 bits per heavy atom. The summed E-state index contributed by atoms with van der Waals surface area (Å²) in [5.41, 5.74) is 0.540. The number of nitrogens with zero attached hydrogens (tertiary/aromatic N) is 5. The molecule has 1 amide bonds. The fourth-order valence-corrected chi connectivity index (χ4v) is 3.57. The first kappa shape index (κ1) is 19.0. The van der Waals surface area contributed by atoms with Crippen molar-refractivity contribution >= 4 is 16.8 Å². The summed E-state index contributed by atoms with van der Waals surface area (Å²) in [4.78, 5) is 39.7. The van der Waals surface area contributed by atoms with Crippen LogP contribution in [0.2, 0.25) is 0 Å². The highest BCUT2D eigenvalue weighted by Gasteiger charge is 2.25. The molecule has 0 radical (unpaired) electrons. The van der Waals surface area contributed by atoms with Crippen molar-refractivity contribution in [1.29, 1.82) is 0 Å². The molecule has 1 fully saturated rings. The molecule has 150 valence electrons. The van der Waals surface area contributed by atoms with Gasteiger partial charge < -0.3 is 9.64 Å². The van der Waals surface area contributed by atoms with Gasteiger partial charge in [-0.15, -0.1) is 0 Å². The Kier molecular flexibility index (Phi) is 5.50. The lowest BCUT2D eigenvalue weighted by molar-refractivity contribution is -0.134. The molecule has 8 nitrogen and oxygen atoms in total. The molecule has 29 heavy (non-hydrogen) atoms. The Morgan fingerprint density at radius 2 is 2.10 bits per heavy atom. The van der Waals surface area contributed by atoms with Crippen molar-refractivity contribution in [2.24, 2.45) is 0 Å². The van der Waals surface area contributed by atoms with Crippen molar-refractivity contribution in [3.8, 4) is 5.88 Å². The molecule has 1 unspecified atom stereocenters. The van der Waals surface area contributed by atoms with E-state index in [4.69, 9.17) is 4.74 Å². The summed E-state index contributed by atoms with van der Waals surface area (Å²) >= 11 is 0. The molecular weight excluding hydrogens is 370 g/mol. The molecule has 2 aromatic heterocycles. The predicted octanol–water partition coefficient (Wildman–Crippen LogP) is 1.96. The number of carbonyl (C=O) groups excluding carboxylic acids is 1. The highest BCUT2D eigenvalue weighted by Crippen LogP contribution is 2.17. The lowest BCUT2D eigenvalue weighted by Gasteiger charge is -2.32. The van der Waals surface area contributed by atoms with Crippen LogP contribution in [-0.4, -0.2) is 49.5 Å². The monoisotopic (exact) mass is 393 g/mol. The van der Waals surface area contributed by atoms with Crippen LogP contribution in [0.25, 0.3) is 10.9 Å². The number of aryl methyl sites for hydroxylation is 2. The molecule has 8 heteroatoms. The van der Waals surface area contributed by atoms with Crippen molar-refractivity contribution < 1.29 is 9.53 Å². The summed E-state index contributed by atoms with van der Waals surface area (Å²) in [5, 5.41) is 0.564. The van der Waals surface area contributed by atoms with Crippen LogP contribution in [0.5, 0.6) is 5.88 Å². The number of carbonyl (C=O) groups is 1. The number of fused-ring (bicyclic) bond motifs is 1. The summed E-state index contributed by atoms with van der Waals surface area (Å²) in [6, 6.07) is 8.95. The second-order valence-corrected chi connectivity index (χ2v) is 7.17. The molecule has 1 saturated heterocycles. The van der Waals surface area contributed by atoms with Crippen LogP contribution in [0.3, 0.4) is 0 Å². The molecule has 3 aromatic rings. The standard InChI is InChI=1S/C21H23N5O3/c1-15-22-10-8-19(24-15)29-16-5-4-11-25(13-16)20(27)9-12-26-14-23-18-7-3-2-6-17(18)21(26)28/h2-3,6-8,10,14,16H,4-5,9,11-13H2,1H3. The van der Waals surface area contributed by atoms with Gasteiger partial charge >= 0.3 is 0 Å². The minimum absolute atomic E-state index is 0.0113. The van der Waals surface area contributed by atoms with Crippen molar-refractivity contribution in [2.75, 3.05) is 13.1 Å². The largest absolute Gasteiger partial charge is 0.472 e. The maximum absolute atomic E-state index is 12.7. The molecule has 0 saturated carbocycles. The summed E-state index contributed by atoms with van der Waals surface area (Å²) in [5.74, 6) is 1.20. The van der Waals surface area contributed by atoms with Gasteiger partial charge in [-0.25, -0.2) is 9.97 Å². The number of piperidine rings is 1. The molecule has 4 rings (SSSR count). The number of benzene rings is 1. The minimum Gasteiger partial charge on any atom is -0.472 e. The fourth-order valence-electron chi connectivity index (χ4n) is 3.57. The predicted molar refractivity (Wildman–Crippen MR) is 108 cm³/mol. The van der Waals surface area contributed by atoms with Crippen molar-refractivity contribution in [1.82, 2.24) is 24.4 Å². The highest BCUT2D eigenvalue weighted by molar-refractivity contribution is 5.77. The second kappa shape index (κ2) is 8.38. The normalized spacial score (nSPS) is 16.7. The third-order valence-electron chi connectivity index (χ3n) is 5.07. The highest BCUT2D eigenvalue weighted by atomic mass is 16.5. The number of hydrogen-bond donors (Lipinski definition) is 0. The SMILES string of the molecule is Cc1nccc(OC2CCCN(C(=O)CCn3cnc4ccccc4c3=O)C2)n1. The maximum Gasteiger partial charge on any atom is 0.261 e. The van der Waals surface area contributed by atoms with Crippen molar-refractivity contribution in [3.05, 3.63) is 59.0 Å². The summed E-state index contributed by atoms with van der Waals surface area (Å²) in [6.07, 6.45) is 5.08. The van der Waals surface area contributed by atoms with Crippen LogP contribution in [0.1, 0.15) is 25.1 Å². The number of para-hydroxylation sites is 1. The number of hydrogen-bond acceptors (Lipinski definition) is 6. The van der Waals surface area contributed by atoms with E-state index in [0.717, 1.165) is 12.8 Å². The van der Waals surface area contributed by atoms with Gasteiger partial charge in [0.2, 0.25) is 11.8 Å². The molecule has 0 N–H and O–H groups in total. The zero-order valence-electron chi connectivity index (χ0n) is 16.3. The van der Waals surface area contributed by atoms with Gasteiger partial charge in [0, 0.05) is 31.8 Å². The van der Waals surface area contributed by atoms with E-state index in [9.17, 15) is 9.59 Å². The smallest absolute Gasteiger partial charge is 0.261 e. The van der Waals surface area contributed by atoms with Gasteiger partial charge in [0.25, 0.3) is 5.56 Å². The van der Waals surface area contributed by atoms with Crippen LogP contribution in [0, 0.1) is 6.92 Å². The molecule has 0 aliphatic carbocycles. The topological polar surface area (TPSA) is 90.2 Å². The number of aromatic nitrogens is 4. The Hall–Kier alpha value is -3.29. The van der Waals surface area contributed by atoms with E-state index < -0.39 is 0 Å². The van der Waals surface area contributed by atoms with Gasteiger partial charge in [0.05, 0.1) is 23.8 Å². The number of rotatable bonds is 5. The molecule has 1 atom stereocenters. The van der Waals surface area contributed by atoms with E-state index in [1.54, 1.807) is 24.4 Å². The van der Waals surface area contributed by atoms with Crippen LogP contribution in [0.4, 0.5) is 0 Å². The Bertz CT molecular complexity index is 1080. The zero-order valence-corrected chi connectivity index (χ0v) is 16.3. The fraction of sp³-hybridized carbons (Fsp3) is 0.381. The maximum atomic E-state index is 12.7. The Labute approximate surface area is 168 Å². The minimum atomic E-state index is -0.123. The molecule has 1 aliphatic rings. The summed E-state index contributed by atoms with van der Waals surface area (Å²) in [7, 11) is 0. The van der Waals surface area contributed by atoms with Crippen LogP contribution in [0.15, 0.2) is 47.7 Å². The average molecular weight is 393 g/mol. The molecule has 0 bridgehead atoms. The Balaban J connectivity index is 1.37. The van der Waals surface area contributed by atoms with Gasteiger partial charge in [-0.3, -0.25) is 14.2 Å². The summed E-state index contributed by atoms with van der Waals surface area (Å²) in [6.45, 7) is 3.34. The lowest BCUT2D eigenvalue weighted by atomic mass is 10.1. The third kappa shape index (κ3) is 4.42. The van der Waals surface area contributed by atoms with E-state index >= 15 is 0 Å². The number of likely N-dealkylation sites (tertiary alicyclic amines) is 1. The Morgan fingerprint density at radius 1 is 1.24 bits per heavy atom. The van der Waals surface area contributed by atoms with Crippen molar-refractivity contribution in [3.63, 3.8) is 0 Å². The quantitative estimate of drug-likeness (QED) is 0.658. The van der Waals surface area contributed by atoms with Gasteiger partial charge in [-0.1, -0.05) is 12.1 Å². The molecule has 1 aromatic carbocycles. The summed E-state index contributed by atoms with van der Waals surface area (Å²) < 4.78 is 7.44. The van der Waals surface area contributed by atoms with Crippen LogP contribution in [-0.2, 0) is 11.3 Å². The van der Waals surface area contributed by atoms with Crippen LogP contribution >= 0.6 is 0 Å². The van der Waals surface area contributed by atoms with Gasteiger partial charge in [0.1, 0.15) is 11.9 Å². The second-order valence-electron chi connectivity index (χ2n) is 7.17. The molecule has 1 aliphatic heterocycles. The first-order valence-electron chi connectivity index (χ1n) is 9.78. The third-order valence-corrected chi connectivity index (χ3v) is 5.07. The van der Waals surface area contributed by atoms with Gasteiger partial charge in [-0.2, -0.15) is 4.98 Å². The lowest BCUT2D eigenvalue weighted by Crippen LogP contribution is -2.44. The van der Waals surface area contributed by atoms with Gasteiger partial charge in [0.15, 0.2) is 0 Å². The zero-order chi connectivity index (χ0) is 20.2. The molecule has 3 heterocycles. The number of amides is 1. The first-order chi connectivity index (χ1) is 14.1. The first-order valence-corrected chi connectivity index (χ1v) is 9.78. The van der Waals surface area contributed by atoms with E-state index in [0.29, 0.717) is 42.2 Å². The van der Waals surface area contributed by atoms with E-state index in [2.05, 4.69) is 15.0 Å². The van der Waals surface area contributed by atoms with Crippen LogP contribution < -0.4 is 10.3 Å². The molecular formula is C21H23N5O3. The van der Waals surface area contributed by atoms with Gasteiger partial charge in [-0.05, 0) is 31.9 Å². The van der Waals surface area contributed by atoms with Crippen molar-refractivity contribution in [2.45, 2.75) is 38.8 Å².